The van der Waals surface area contributed by atoms with Crippen LogP contribution in [0, 0.1) is 0 Å². The minimum atomic E-state index is 0.808. The molecule has 0 radical (unpaired) electrons. The van der Waals surface area contributed by atoms with Crippen molar-refractivity contribution < 1.29 is 9.47 Å². The van der Waals surface area contributed by atoms with Crippen molar-refractivity contribution in [2.75, 3.05) is 45.7 Å². The Balaban J connectivity index is 1.48. The third-order valence-electron chi connectivity index (χ3n) is 4.26. The summed E-state index contributed by atoms with van der Waals surface area (Å²) in [6.45, 7) is 6.18. The fourth-order valence-electron chi connectivity index (χ4n) is 2.86. The van der Waals surface area contributed by atoms with Gasteiger partial charge in [0, 0.05) is 51.1 Å². The third kappa shape index (κ3) is 5.41. The molecule has 0 amide bonds. The highest BCUT2D eigenvalue weighted by Crippen LogP contribution is 2.22. The number of aryl methyl sites for hydroxylation is 1. The molecule has 0 saturated carbocycles. The quantitative estimate of drug-likeness (QED) is 0.510. The molecule has 2 heterocycles. The molecule has 0 aliphatic carbocycles. The largest absolute Gasteiger partial charge is 0.496 e. The zero-order valence-corrected chi connectivity index (χ0v) is 16.2. The molecule has 1 aliphatic heterocycles. The topological polar surface area (TPSA) is 77.3 Å². The van der Waals surface area contributed by atoms with E-state index in [2.05, 4.69) is 43.9 Å². The van der Waals surface area contributed by atoms with Gasteiger partial charge in [0.25, 0.3) is 0 Å². The number of methoxy groups -OCH3 is 1. The van der Waals surface area contributed by atoms with Crippen LogP contribution in [0.25, 0.3) is 0 Å². The van der Waals surface area contributed by atoms with Crippen molar-refractivity contribution in [3.63, 3.8) is 0 Å². The Morgan fingerprint density at radius 2 is 2.15 bits per heavy atom. The van der Waals surface area contributed by atoms with Gasteiger partial charge >= 0.3 is 0 Å². The van der Waals surface area contributed by atoms with Crippen molar-refractivity contribution >= 4 is 11.8 Å². The van der Waals surface area contributed by atoms with Crippen molar-refractivity contribution in [3.05, 3.63) is 29.3 Å². The Morgan fingerprint density at radius 3 is 2.88 bits per heavy atom. The number of ether oxygens (including phenoxy) is 2. The maximum absolute atomic E-state index is 5.53. The van der Waals surface area contributed by atoms with Gasteiger partial charge in [0.05, 0.1) is 20.3 Å². The standard InChI is InChI=1S/C17H26N6O2S/c1-22-17(19-20-21-22)26-10-5-18-12-14-3-4-16(24-2)15(11-14)13-23-6-8-25-9-7-23/h3-4,11,18H,5-10,12-13H2,1-2H3. The van der Waals surface area contributed by atoms with Crippen molar-refractivity contribution in [1.82, 2.24) is 30.4 Å². The van der Waals surface area contributed by atoms with Crippen LogP contribution in [0.2, 0.25) is 0 Å². The maximum Gasteiger partial charge on any atom is 0.209 e. The summed E-state index contributed by atoms with van der Waals surface area (Å²) in [5.74, 6) is 1.87. The van der Waals surface area contributed by atoms with Crippen LogP contribution >= 0.6 is 11.8 Å². The Kier molecular flexibility index (Phi) is 7.24. The number of benzene rings is 1. The van der Waals surface area contributed by atoms with Gasteiger partial charge in [0.15, 0.2) is 0 Å². The molecular weight excluding hydrogens is 352 g/mol. The first-order valence-electron chi connectivity index (χ1n) is 8.78. The zero-order valence-electron chi connectivity index (χ0n) is 15.3. The van der Waals surface area contributed by atoms with E-state index in [1.54, 1.807) is 23.6 Å². The molecule has 1 saturated heterocycles. The normalized spacial score (nSPS) is 15.3. The number of thioether (sulfide) groups is 1. The van der Waals surface area contributed by atoms with Gasteiger partial charge < -0.3 is 14.8 Å². The molecule has 0 spiro atoms. The van der Waals surface area contributed by atoms with E-state index < -0.39 is 0 Å². The van der Waals surface area contributed by atoms with Crippen molar-refractivity contribution in [1.29, 1.82) is 0 Å². The Bertz CT molecular complexity index is 690. The first-order chi connectivity index (χ1) is 12.8. The third-order valence-corrected chi connectivity index (χ3v) is 5.28. The number of rotatable bonds is 9. The van der Waals surface area contributed by atoms with Crippen LogP contribution < -0.4 is 10.1 Å². The fraction of sp³-hybridized carbons (Fsp3) is 0.588. The molecular formula is C17H26N6O2S. The lowest BCUT2D eigenvalue weighted by Crippen LogP contribution is -2.35. The van der Waals surface area contributed by atoms with E-state index in [4.69, 9.17) is 9.47 Å². The molecule has 8 nitrogen and oxygen atoms in total. The lowest BCUT2D eigenvalue weighted by Gasteiger charge is -2.27. The highest BCUT2D eigenvalue weighted by atomic mass is 32.2. The van der Waals surface area contributed by atoms with Crippen LogP contribution in [-0.2, 0) is 24.9 Å². The van der Waals surface area contributed by atoms with Crippen LogP contribution in [0.4, 0.5) is 0 Å². The van der Waals surface area contributed by atoms with Crippen LogP contribution in [0.1, 0.15) is 11.1 Å². The van der Waals surface area contributed by atoms with Crippen molar-refractivity contribution in [2.24, 2.45) is 7.05 Å². The molecule has 1 aromatic carbocycles. The molecule has 0 bridgehead atoms. The molecule has 1 N–H and O–H groups in total. The van der Waals surface area contributed by atoms with Gasteiger partial charge in [-0.1, -0.05) is 17.8 Å². The van der Waals surface area contributed by atoms with E-state index in [0.29, 0.717) is 0 Å². The summed E-state index contributed by atoms with van der Waals surface area (Å²) < 4.78 is 12.7. The summed E-state index contributed by atoms with van der Waals surface area (Å²) in [6.07, 6.45) is 0. The summed E-state index contributed by atoms with van der Waals surface area (Å²) in [4.78, 5) is 2.41. The summed E-state index contributed by atoms with van der Waals surface area (Å²) in [7, 11) is 3.58. The van der Waals surface area contributed by atoms with E-state index in [-0.39, 0.29) is 0 Å². The number of tetrazole rings is 1. The summed E-state index contributed by atoms with van der Waals surface area (Å²) in [5, 5.41) is 15.8. The summed E-state index contributed by atoms with van der Waals surface area (Å²) in [6, 6.07) is 6.42. The Hall–Kier alpha value is -1.68. The lowest BCUT2D eigenvalue weighted by atomic mass is 10.1. The second-order valence-corrected chi connectivity index (χ2v) is 7.21. The first kappa shape index (κ1) is 19.1. The average Bonchev–Trinajstić information content (AvgIpc) is 3.07. The molecule has 9 heteroatoms. The Labute approximate surface area is 158 Å². The SMILES string of the molecule is COc1ccc(CNCCSc2nnnn2C)cc1CN1CCOCC1. The van der Waals surface area contributed by atoms with Gasteiger partial charge in [-0.05, 0) is 28.1 Å². The minimum Gasteiger partial charge on any atom is -0.496 e. The number of hydrogen-bond donors (Lipinski definition) is 1. The van der Waals surface area contributed by atoms with E-state index in [1.165, 1.54) is 11.1 Å². The van der Waals surface area contributed by atoms with E-state index in [1.807, 2.05) is 7.05 Å². The number of nitrogens with zero attached hydrogens (tertiary/aromatic N) is 5. The predicted octanol–water partition coefficient (Wildman–Crippen LogP) is 0.933. The zero-order chi connectivity index (χ0) is 18.2. The molecule has 2 aromatic rings. The number of hydrogen-bond acceptors (Lipinski definition) is 8. The van der Waals surface area contributed by atoms with Gasteiger partial charge in [-0.25, -0.2) is 4.68 Å². The molecule has 1 fully saturated rings. The van der Waals surface area contributed by atoms with Crippen LogP contribution in [0.15, 0.2) is 23.4 Å². The molecule has 142 valence electrons. The maximum atomic E-state index is 5.53. The summed E-state index contributed by atoms with van der Waals surface area (Å²) >= 11 is 1.65. The first-order valence-corrected chi connectivity index (χ1v) is 9.76. The smallest absolute Gasteiger partial charge is 0.209 e. The highest BCUT2D eigenvalue weighted by molar-refractivity contribution is 7.99. The molecule has 1 aromatic heterocycles. The van der Waals surface area contributed by atoms with E-state index >= 15 is 0 Å². The second-order valence-electron chi connectivity index (χ2n) is 6.15. The number of morpholine rings is 1. The number of nitrogens with one attached hydrogen (secondary N) is 1. The molecule has 3 rings (SSSR count). The van der Waals surface area contributed by atoms with Crippen LogP contribution in [0.5, 0.6) is 5.75 Å². The Morgan fingerprint density at radius 1 is 1.31 bits per heavy atom. The lowest BCUT2D eigenvalue weighted by molar-refractivity contribution is 0.0339. The minimum absolute atomic E-state index is 0.808. The molecule has 26 heavy (non-hydrogen) atoms. The van der Waals surface area contributed by atoms with E-state index in [0.717, 1.165) is 62.6 Å². The van der Waals surface area contributed by atoms with Gasteiger partial charge in [-0.3, -0.25) is 4.90 Å². The molecule has 1 aliphatic rings. The highest BCUT2D eigenvalue weighted by Gasteiger charge is 2.13. The summed E-state index contributed by atoms with van der Waals surface area (Å²) in [5.41, 5.74) is 2.49. The average molecular weight is 379 g/mol. The van der Waals surface area contributed by atoms with Crippen molar-refractivity contribution in [2.45, 2.75) is 18.2 Å². The predicted molar refractivity (Wildman–Crippen MR) is 100 cm³/mol. The monoisotopic (exact) mass is 378 g/mol. The van der Waals surface area contributed by atoms with Gasteiger partial charge in [-0.15, -0.1) is 5.10 Å². The van der Waals surface area contributed by atoms with Crippen molar-refractivity contribution in [3.8, 4) is 5.75 Å². The van der Waals surface area contributed by atoms with E-state index in [9.17, 15) is 0 Å². The van der Waals surface area contributed by atoms with Crippen LogP contribution in [-0.4, -0.2) is 70.8 Å². The van der Waals surface area contributed by atoms with Gasteiger partial charge in [0.1, 0.15) is 5.75 Å². The van der Waals surface area contributed by atoms with Gasteiger partial charge in [0.2, 0.25) is 5.16 Å². The second kappa shape index (κ2) is 9.86. The van der Waals surface area contributed by atoms with Gasteiger partial charge in [-0.2, -0.15) is 0 Å². The fourth-order valence-corrected chi connectivity index (χ4v) is 3.60. The van der Waals surface area contributed by atoms with Crippen LogP contribution in [0.3, 0.4) is 0 Å². The molecule has 0 unspecified atom stereocenters. The number of aromatic nitrogens is 4. The molecule has 0 atom stereocenters.